The van der Waals surface area contributed by atoms with Crippen molar-refractivity contribution in [3.05, 3.63) is 29.8 Å². The summed E-state index contributed by atoms with van der Waals surface area (Å²) in [6.07, 6.45) is 4.77. The molecule has 4 rings (SSSR count). The lowest BCUT2D eigenvalue weighted by molar-refractivity contribution is -0.120. The predicted molar refractivity (Wildman–Crippen MR) is 73.0 cm³/mol. The third kappa shape index (κ3) is 1.73. The van der Waals surface area contributed by atoms with Crippen molar-refractivity contribution in [2.24, 2.45) is 29.6 Å². The van der Waals surface area contributed by atoms with Crippen molar-refractivity contribution in [3.63, 3.8) is 0 Å². The van der Waals surface area contributed by atoms with Crippen LogP contribution < -0.4 is 4.74 Å². The molecular formula is C17H20O2. The summed E-state index contributed by atoms with van der Waals surface area (Å²) in [6.45, 7) is 0. The molecule has 19 heavy (non-hydrogen) atoms. The largest absolute Gasteiger partial charge is 0.497 e. The normalized spacial score (nSPS) is 38.1. The molecule has 4 atom stereocenters. The van der Waals surface area contributed by atoms with Crippen molar-refractivity contribution in [2.75, 3.05) is 7.11 Å². The summed E-state index contributed by atoms with van der Waals surface area (Å²) in [5.74, 6) is 5.01. The van der Waals surface area contributed by atoms with Crippen molar-refractivity contribution < 1.29 is 9.53 Å². The van der Waals surface area contributed by atoms with E-state index in [2.05, 4.69) is 0 Å². The number of Topliss-reactive ketones (excluding diaryl/α,β-unsaturated/α-hetero) is 1. The Morgan fingerprint density at radius 1 is 1.26 bits per heavy atom. The van der Waals surface area contributed by atoms with E-state index in [1.807, 2.05) is 24.3 Å². The van der Waals surface area contributed by atoms with Gasteiger partial charge in [-0.05, 0) is 60.6 Å². The fourth-order valence-electron chi connectivity index (χ4n) is 4.86. The summed E-state index contributed by atoms with van der Waals surface area (Å²) >= 11 is 0. The molecule has 2 nitrogen and oxygen atoms in total. The van der Waals surface area contributed by atoms with Crippen molar-refractivity contribution in [2.45, 2.75) is 25.7 Å². The predicted octanol–water partition coefficient (Wildman–Crippen LogP) is 3.10. The molecule has 2 heteroatoms. The van der Waals surface area contributed by atoms with Crippen molar-refractivity contribution in [3.8, 4) is 5.75 Å². The molecule has 0 N–H and O–H groups in total. The lowest BCUT2D eigenvalue weighted by Gasteiger charge is -2.08. The molecule has 3 aliphatic rings. The molecule has 4 unspecified atom stereocenters. The number of hydrogen-bond acceptors (Lipinski definition) is 2. The topological polar surface area (TPSA) is 26.3 Å². The monoisotopic (exact) mass is 256 g/mol. The number of hydrogen-bond donors (Lipinski definition) is 0. The van der Waals surface area contributed by atoms with E-state index in [-0.39, 0.29) is 0 Å². The van der Waals surface area contributed by atoms with Gasteiger partial charge >= 0.3 is 0 Å². The highest BCUT2D eigenvalue weighted by Crippen LogP contribution is 2.69. The van der Waals surface area contributed by atoms with Crippen LogP contribution in [-0.4, -0.2) is 12.9 Å². The highest BCUT2D eigenvalue weighted by Gasteiger charge is 2.66. The second-order valence-electron chi connectivity index (χ2n) is 6.51. The maximum atomic E-state index is 12.5. The number of rotatable bonds is 4. The van der Waals surface area contributed by atoms with E-state index >= 15 is 0 Å². The van der Waals surface area contributed by atoms with Crippen molar-refractivity contribution in [1.82, 2.24) is 0 Å². The average Bonchev–Trinajstić information content (AvgIpc) is 2.88. The summed E-state index contributed by atoms with van der Waals surface area (Å²) in [4.78, 5) is 12.5. The third-order valence-electron chi connectivity index (χ3n) is 5.62. The Morgan fingerprint density at radius 3 is 2.68 bits per heavy atom. The Labute approximate surface area is 114 Å². The zero-order valence-electron chi connectivity index (χ0n) is 11.3. The Kier molecular flexibility index (Phi) is 2.48. The van der Waals surface area contributed by atoms with Crippen LogP contribution in [0.1, 0.15) is 24.8 Å². The maximum absolute atomic E-state index is 12.5. The molecule has 1 aromatic rings. The van der Waals surface area contributed by atoms with Crippen LogP contribution in [0.4, 0.5) is 0 Å². The molecule has 0 heterocycles. The Balaban J connectivity index is 1.45. The minimum atomic E-state index is 0.400. The van der Waals surface area contributed by atoms with Crippen LogP contribution in [0.2, 0.25) is 0 Å². The first-order valence-corrected chi connectivity index (χ1v) is 7.43. The molecule has 0 spiro atoms. The first-order chi connectivity index (χ1) is 9.28. The number of benzene rings is 1. The van der Waals surface area contributed by atoms with Gasteiger partial charge in [0.15, 0.2) is 0 Å². The van der Waals surface area contributed by atoms with E-state index in [1.54, 1.807) is 7.11 Å². The van der Waals surface area contributed by atoms with E-state index in [0.29, 0.717) is 18.1 Å². The molecule has 0 radical (unpaired) electrons. The standard InChI is InChI=1S/C17H20O2/c1-19-13-4-2-3-10(7-13)8-14(18)17-15-11-5-6-12(9-11)16(15)17/h2-4,7,11-12,15-17H,5-6,8-9H2,1H3. The number of carbonyl (C=O) groups excluding carboxylic acids is 1. The lowest BCUT2D eigenvalue weighted by Crippen LogP contribution is -2.12. The fourth-order valence-corrected chi connectivity index (χ4v) is 4.86. The third-order valence-corrected chi connectivity index (χ3v) is 5.62. The van der Waals surface area contributed by atoms with Gasteiger partial charge in [0.2, 0.25) is 0 Å². The summed E-state index contributed by atoms with van der Waals surface area (Å²) in [5, 5.41) is 0. The summed E-state index contributed by atoms with van der Waals surface area (Å²) in [7, 11) is 1.67. The van der Waals surface area contributed by atoms with Gasteiger partial charge in [-0.25, -0.2) is 0 Å². The molecule has 0 saturated heterocycles. The SMILES string of the molecule is COc1cccc(CC(=O)C2C3C4CCC(C4)C23)c1. The average molecular weight is 256 g/mol. The smallest absolute Gasteiger partial charge is 0.140 e. The molecule has 100 valence electrons. The van der Waals surface area contributed by atoms with Crippen LogP contribution in [-0.2, 0) is 11.2 Å². The van der Waals surface area contributed by atoms with Crippen LogP contribution in [0.3, 0.4) is 0 Å². The number of ether oxygens (including phenoxy) is 1. The highest BCUT2D eigenvalue weighted by atomic mass is 16.5. The second kappa shape index (κ2) is 4.09. The van der Waals surface area contributed by atoms with Gasteiger partial charge in [-0.3, -0.25) is 4.79 Å². The summed E-state index contributed by atoms with van der Waals surface area (Å²) < 4.78 is 5.22. The number of methoxy groups -OCH3 is 1. The van der Waals surface area contributed by atoms with Gasteiger partial charge in [-0.15, -0.1) is 0 Å². The zero-order chi connectivity index (χ0) is 13.0. The van der Waals surface area contributed by atoms with Gasteiger partial charge in [0.1, 0.15) is 11.5 Å². The van der Waals surface area contributed by atoms with Crippen LogP contribution in [0.25, 0.3) is 0 Å². The van der Waals surface area contributed by atoms with E-state index in [9.17, 15) is 4.79 Å². The van der Waals surface area contributed by atoms with Crippen molar-refractivity contribution >= 4 is 5.78 Å². The fraction of sp³-hybridized carbons (Fsp3) is 0.588. The summed E-state index contributed by atoms with van der Waals surface area (Å²) in [6, 6.07) is 7.93. The Bertz CT molecular complexity index is 506. The molecule has 3 aliphatic carbocycles. The molecule has 3 fully saturated rings. The van der Waals surface area contributed by atoms with Gasteiger partial charge in [0.05, 0.1) is 7.11 Å². The molecule has 0 aromatic heterocycles. The lowest BCUT2D eigenvalue weighted by atomic mass is 9.96. The highest BCUT2D eigenvalue weighted by molar-refractivity contribution is 5.87. The Morgan fingerprint density at radius 2 is 2.00 bits per heavy atom. The number of fused-ring (bicyclic) bond motifs is 5. The van der Waals surface area contributed by atoms with E-state index in [4.69, 9.17) is 4.74 Å². The van der Waals surface area contributed by atoms with Crippen LogP contribution in [0.5, 0.6) is 5.75 Å². The summed E-state index contributed by atoms with van der Waals surface area (Å²) in [5.41, 5.74) is 1.10. The molecular weight excluding hydrogens is 236 g/mol. The van der Waals surface area contributed by atoms with Gasteiger partial charge in [-0.2, -0.15) is 0 Å². The molecule has 2 bridgehead atoms. The minimum absolute atomic E-state index is 0.400. The second-order valence-corrected chi connectivity index (χ2v) is 6.51. The maximum Gasteiger partial charge on any atom is 0.140 e. The Hall–Kier alpha value is -1.31. The van der Waals surface area contributed by atoms with Crippen LogP contribution in [0, 0.1) is 29.6 Å². The van der Waals surface area contributed by atoms with Gasteiger partial charge in [-0.1, -0.05) is 12.1 Å². The quantitative estimate of drug-likeness (QED) is 0.827. The molecule has 1 aromatic carbocycles. The molecule has 0 aliphatic heterocycles. The molecule has 3 saturated carbocycles. The van der Waals surface area contributed by atoms with Gasteiger partial charge < -0.3 is 4.74 Å². The molecule has 0 amide bonds. The first kappa shape index (κ1) is 11.5. The first-order valence-electron chi connectivity index (χ1n) is 7.43. The van der Waals surface area contributed by atoms with Gasteiger partial charge in [0.25, 0.3) is 0 Å². The number of carbonyl (C=O) groups is 1. The van der Waals surface area contributed by atoms with Crippen LogP contribution in [0.15, 0.2) is 24.3 Å². The van der Waals surface area contributed by atoms with Gasteiger partial charge in [0, 0.05) is 12.3 Å². The van der Waals surface area contributed by atoms with E-state index < -0.39 is 0 Å². The zero-order valence-corrected chi connectivity index (χ0v) is 11.3. The van der Waals surface area contributed by atoms with Crippen LogP contribution >= 0.6 is 0 Å². The van der Waals surface area contributed by atoms with Crippen molar-refractivity contribution in [1.29, 1.82) is 0 Å². The van der Waals surface area contributed by atoms with E-state index in [1.165, 1.54) is 19.3 Å². The van der Waals surface area contributed by atoms with E-state index in [0.717, 1.165) is 35.0 Å². The number of ketones is 1. The minimum Gasteiger partial charge on any atom is -0.497 e.